The normalized spacial score (nSPS) is 11.0. The van der Waals surface area contributed by atoms with E-state index in [2.05, 4.69) is 12.8 Å². The zero-order chi connectivity index (χ0) is 17.6. The zero-order valence-electron chi connectivity index (χ0n) is 13.7. The number of hydrogen-bond donors (Lipinski definition) is 1. The van der Waals surface area contributed by atoms with Crippen molar-refractivity contribution in [3.63, 3.8) is 0 Å². The Labute approximate surface area is 143 Å². The lowest BCUT2D eigenvalue weighted by Gasteiger charge is -2.11. The van der Waals surface area contributed by atoms with Crippen LogP contribution in [0.3, 0.4) is 0 Å². The molecule has 2 N–H and O–H groups in total. The number of primary sulfonamides is 1. The summed E-state index contributed by atoms with van der Waals surface area (Å²) in [6, 6.07) is 12.8. The first-order valence-electron chi connectivity index (χ1n) is 7.78. The number of benzene rings is 2. The van der Waals surface area contributed by atoms with Gasteiger partial charge in [-0.05, 0) is 53.8 Å². The third kappa shape index (κ3) is 4.60. The lowest BCUT2D eigenvalue weighted by Crippen LogP contribution is -2.14. The standard InChI is InChI=1S/C19H21NO3S/c1-3-5-6-17-14-16(9-12-19(17)24(20,21)22)15-7-10-18(11-8-15)23-13-4-2/h2,7-12,14H,3,5-6,13H2,1H3,(H2,20,21,22). The van der Waals surface area contributed by atoms with Crippen LogP contribution < -0.4 is 9.88 Å². The second kappa shape index (κ2) is 8.00. The van der Waals surface area contributed by atoms with Gasteiger partial charge in [-0.3, -0.25) is 0 Å². The molecule has 2 rings (SSSR count). The molecule has 5 heteroatoms. The summed E-state index contributed by atoms with van der Waals surface area (Å²) < 4.78 is 28.9. The van der Waals surface area contributed by atoms with Gasteiger partial charge in [-0.25, -0.2) is 13.6 Å². The van der Waals surface area contributed by atoms with Gasteiger partial charge < -0.3 is 4.74 Å². The van der Waals surface area contributed by atoms with Crippen LogP contribution in [0, 0.1) is 12.3 Å². The summed E-state index contributed by atoms with van der Waals surface area (Å²) in [6.45, 7) is 2.29. The smallest absolute Gasteiger partial charge is 0.238 e. The summed E-state index contributed by atoms with van der Waals surface area (Å²) >= 11 is 0. The lowest BCUT2D eigenvalue weighted by molar-refractivity contribution is 0.370. The van der Waals surface area contributed by atoms with Crippen molar-refractivity contribution in [2.45, 2.75) is 31.1 Å². The van der Waals surface area contributed by atoms with E-state index in [-0.39, 0.29) is 11.5 Å². The summed E-state index contributed by atoms with van der Waals surface area (Å²) in [5.41, 5.74) is 2.67. The van der Waals surface area contributed by atoms with E-state index in [0.717, 1.165) is 29.5 Å². The Hall–Kier alpha value is -2.29. The van der Waals surface area contributed by atoms with Crippen LogP contribution in [0.15, 0.2) is 47.4 Å². The van der Waals surface area contributed by atoms with Crippen LogP contribution in [-0.2, 0) is 16.4 Å². The maximum Gasteiger partial charge on any atom is 0.238 e. The van der Waals surface area contributed by atoms with Crippen LogP contribution in [0.1, 0.15) is 25.3 Å². The van der Waals surface area contributed by atoms with Crippen molar-refractivity contribution in [2.24, 2.45) is 5.14 Å². The van der Waals surface area contributed by atoms with Crippen molar-refractivity contribution in [1.29, 1.82) is 0 Å². The maximum absolute atomic E-state index is 11.8. The Kier molecular flexibility index (Phi) is 6.02. The minimum Gasteiger partial charge on any atom is -0.481 e. The highest BCUT2D eigenvalue weighted by molar-refractivity contribution is 7.89. The lowest BCUT2D eigenvalue weighted by atomic mass is 10.0. The molecule has 0 bridgehead atoms. The van der Waals surface area contributed by atoms with Crippen molar-refractivity contribution in [3.05, 3.63) is 48.0 Å². The number of sulfonamides is 1. The highest BCUT2D eigenvalue weighted by atomic mass is 32.2. The van der Waals surface area contributed by atoms with Crippen molar-refractivity contribution in [3.8, 4) is 29.2 Å². The fourth-order valence-electron chi connectivity index (χ4n) is 2.47. The topological polar surface area (TPSA) is 69.4 Å². The molecule has 0 aliphatic rings. The number of ether oxygens (including phenoxy) is 1. The van der Waals surface area contributed by atoms with E-state index in [4.69, 9.17) is 16.3 Å². The first-order chi connectivity index (χ1) is 11.5. The molecule has 0 heterocycles. The van der Waals surface area contributed by atoms with Crippen LogP contribution in [0.2, 0.25) is 0 Å². The Morgan fingerprint density at radius 2 is 1.79 bits per heavy atom. The van der Waals surface area contributed by atoms with Crippen LogP contribution in [0.25, 0.3) is 11.1 Å². The summed E-state index contributed by atoms with van der Waals surface area (Å²) in [5.74, 6) is 3.12. The van der Waals surface area contributed by atoms with E-state index >= 15 is 0 Å². The van der Waals surface area contributed by atoms with Gasteiger partial charge in [0.1, 0.15) is 12.4 Å². The molecule has 0 fully saturated rings. The van der Waals surface area contributed by atoms with Gasteiger partial charge in [-0.2, -0.15) is 0 Å². The second-order valence-electron chi connectivity index (χ2n) is 5.49. The van der Waals surface area contributed by atoms with Gasteiger partial charge in [0, 0.05) is 0 Å². The van der Waals surface area contributed by atoms with Crippen molar-refractivity contribution >= 4 is 10.0 Å². The fraction of sp³-hybridized carbons (Fsp3) is 0.263. The third-order valence-electron chi connectivity index (χ3n) is 3.68. The predicted molar refractivity (Wildman–Crippen MR) is 96.2 cm³/mol. The fourth-order valence-corrected chi connectivity index (χ4v) is 3.25. The minimum atomic E-state index is -3.72. The maximum atomic E-state index is 11.8. The van der Waals surface area contributed by atoms with Crippen molar-refractivity contribution < 1.29 is 13.2 Å². The SMILES string of the molecule is C#CCOc1ccc(-c2ccc(S(N)(=O)=O)c(CCCC)c2)cc1. The molecule has 24 heavy (non-hydrogen) atoms. The molecule has 2 aromatic carbocycles. The number of terminal acetylenes is 1. The number of rotatable bonds is 7. The molecule has 0 atom stereocenters. The predicted octanol–water partition coefficient (Wildman–Crippen LogP) is 3.36. The number of aryl methyl sites for hydroxylation is 1. The van der Waals surface area contributed by atoms with E-state index in [1.165, 1.54) is 0 Å². The molecular formula is C19H21NO3S. The van der Waals surface area contributed by atoms with Gasteiger partial charge in [0.15, 0.2) is 0 Å². The highest BCUT2D eigenvalue weighted by Crippen LogP contribution is 2.27. The molecule has 0 saturated heterocycles. The van der Waals surface area contributed by atoms with Crippen molar-refractivity contribution in [1.82, 2.24) is 0 Å². The second-order valence-corrected chi connectivity index (χ2v) is 7.02. The molecule has 0 radical (unpaired) electrons. The monoisotopic (exact) mass is 343 g/mol. The molecule has 0 aromatic heterocycles. The number of nitrogens with two attached hydrogens (primary N) is 1. The summed E-state index contributed by atoms with van der Waals surface area (Å²) in [5, 5.41) is 5.32. The van der Waals surface area contributed by atoms with Crippen LogP contribution in [-0.4, -0.2) is 15.0 Å². The number of unbranched alkanes of at least 4 members (excludes halogenated alkanes) is 1. The van der Waals surface area contributed by atoms with Gasteiger partial charge in [0.05, 0.1) is 4.90 Å². The Balaban J connectivity index is 2.35. The van der Waals surface area contributed by atoms with E-state index < -0.39 is 10.0 Å². The first-order valence-corrected chi connectivity index (χ1v) is 9.32. The Morgan fingerprint density at radius 3 is 2.38 bits per heavy atom. The van der Waals surface area contributed by atoms with Gasteiger partial charge in [-0.1, -0.05) is 37.5 Å². The summed E-state index contributed by atoms with van der Waals surface area (Å²) in [7, 11) is -3.72. The van der Waals surface area contributed by atoms with E-state index in [1.807, 2.05) is 30.3 Å². The average molecular weight is 343 g/mol. The van der Waals surface area contributed by atoms with Gasteiger partial charge >= 0.3 is 0 Å². The van der Waals surface area contributed by atoms with Gasteiger partial charge in [0.2, 0.25) is 10.0 Å². The number of hydrogen-bond acceptors (Lipinski definition) is 3. The van der Waals surface area contributed by atoms with Crippen molar-refractivity contribution in [2.75, 3.05) is 6.61 Å². The van der Waals surface area contributed by atoms with Crippen LogP contribution in [0.4, 0.5) is 0 Å². The molecule has 0 amide bonds. The molecular weight excluding hydrogens is 322 g/mol. The quantitative estimate of drug-likeness (QED) is 0.784. The van der Waals surface area contributed by atoms with Gasteiger partial charge in [0.25, 0.3) is 0 Å². The molecule has 2 aromatic rings. The summed E-state index contributed by atoms with van der Waals surface area (Å²) in [6.07, 6.45) is 7.74. The van der Waals surface area contributed by atoms with E-state index in [0.29, 0.717) is 12.2 Å². The molecule has 4 nitrogen and oxygen atoms in total. The minimum absolute atomic E-state index is 0.202. The molecule has 0 aliphatic heterocycles. The average Bonchev–Trinajstić information content (AvgIpc) is 2.57. The van der Waals surface area contributed by atoms with E-state index in [1.54, 1.807) is 12.1 Å². The first kappa shape index (κ1) is 18.1. The molecule has 126 valence electrons. The third-order valence-corrected chi connectivity index (χ3v) is 4.69. The zero-order valence-corrected chi connectivity index (χ0v) is 14.5. The Morgan fingerprint density at radius 1 is 1.12 bits per heavy atom. The van der Waals surface area contributed by atoms with Crippen LogP contribution in [0.5, 0.6) is 5.75 Å². The molecule has 0 spiro atoms. The Bertz CT molecular complexity index is 834. The molecule has 0 unspecified atom stereocenters. The van der Waals surface area contributed by atoms with E-state index in [9.17, 15) is 8.42 Å². The van der Waals surface area contributed by atoms with Crippen LogP contribution >= 0.6 is 0 Å². The largest absolute Gasteiger partial charge is 0.481 e. The van der Waals surface area contributed by atoms with Gasteiger partial charge in [-0.15, -0.1) is 6.42 Å². The molecule has 0 saturated carbocycles. The summed E-state index contributed by atoms with van der Waals surface area (Å²) in [4.78, 5) is 0.202. The highest BCUT2D eigenvalue weighted by Gasteiger charge is 2.14. The molecule has 0 aliphatic carbocycles.